The quantitative estimate of drug-likeness (QED) is 0.473. The Labute approximate surface area is 210 Å². The molecule has 3 spiro atoms. The van der Waals surface area contributed by atoms with Crippen molar-refractivity contribution >= 4 is 0 Å². The maximum Gasteiger partial charge on any atom is 0.199 e. The van der Waals surface area contributed by atoms with Gasteiger partial charge in [0.2, 0.25) is 0 Å². The van der Waals surface area contributed by atoms with E-state index >= 15 is 0 Å². The highest BCUT2D eigenvalue weighted by Crippen LogP contribution is 2.89. The second-order valence-electron chi connectivity index (χ2n) is 15.5. The van der Waals surface area contributed by atoms with Gasteiger partial charge in [0.25, 0.3) is 0 Å². The van der Waals surface area contributed by atoms with Gasteiger partial charge in [0.05, 0.1) is 17.8 Å². The van der Waals surface area contributed by atoms with E-state index in [1.807, 2.05) is 13.8 Å². The lowest BCUT2D eigenvalue weighted by atomic mass is 9.44. The molecule has 6 fully saturated rings. The summed E-state index contributed by atoms with van der Waals surface area (Å²) < 4.78 is 13.5. The fourth-order valence-corrected chi connectivity index (χ4v) is 11.8. The summed E-state index contributed by atoms with van der Waals surface area (Å²) in [6.45, 7) is 15.2. The molecule has 5 aliphatic carbocycles. The fourth-order valence-electron chi connectivity index (χ4n) is 11.8. The van der Waals surface area contributed by atoms with Gasteiger partial charge in [0, 0.05) is 11.3 Å². The molecular formula is C30H46O5. The van der Waals surface area contributed by atoms with E-state index in [1.54, 1.807) is 0 Å². The van der Waals surface area contributed by atoms with Gasteiger partial charge in [-0.3, -0.25) is 0 Å². The molecule has 3 N–H and O–H groups in total. The number of hydrogen-bond acceptors (Lipinski definition) is 5. The maximum absolute atomic E-state index is 12.4. The SMILES string of the molecule is C[C@@H]1CC2O[C@]3(O[C@@H]2C(C)(C)O)[C@H]1[C@@]1(C)CC[C@@]24C[C@@]25CC[C@H](O)C(C)(C)[C@@H]5CC=C4[C@]1(C)[C@H]3O. The van der Waals surface area contributed by atoms with E-state index in [0.717, 1.165) is 38.5 Å². The minimum atomic E-state index is -1.05. The molecule has 7 rings (SSSR count). The third-order valence-corrected chi connectivity index (χ3v) is 13.5. The van der Waals surface area contributed by atoms with Crippen LogP contribution in [0, 0.1) is 44.8 Å². The minimum absolute atomic E-state index is 0.0776. The minimum Gasteiger partial charge on any atom is -0.393 e. The molecule has 2 aliphatic heterocycles. The number of allylic oxidation sites excluding steroid dienone is 1. The first kappa shape index (κ1) is 23.6. The zero-order chi connectivity index (χ0) is 25.2. The molecule has 0 radical (unpaired) electrons. The smallest absolute Gasteiger partial charge is 0.199 e. The summed E-state index contributed by atoms with van der Waals surface area (Å²) in [6, 6.07) is 0. The molecule has 196 valence electrons. The van der Waals surface area contributed by atoms with E-state index in [9.17, 15) is 15.3 Å². The van der Waals surface area contributed by atoms with Crippen molar-refractivity contribution in [2.24, 2.45) is 44.8 Å². The molecule has 0 amide bonds. The highest BCUT2D eigenvalue weighted by atomic mass is 16.8. The van der Waals surface area contributed by atoms with E-state index in [0.29, 0.717) is 11.8 Å². The second-order valence-corrected chi connectivity index (χ2v) is 15.5. The molecule has 35 heavy (non-hydrogen) atoms. The normalized spacial score (nSPS) is 61.7. The lowest BCUT2D eigenvalue weighted by molar-refractivity contribution is -0.279. The van der Waals surface area contributed by atoms with Crippen LogP contribution in [0.3, 0.4) is 0 Å². The standard InChI is InChI=1S/C30H46O5/c1-16-14-17-22(25(4,5)33)35-30(34-17)21(16)26(6)12-13-29-15-28(29)11-10-20(31)24(2,3)18(28)8-9-19(29)27(26,7)23(30)32/h9,16-18,20-23,31-33H,8,10-15H2,1-7H3/t16-,17?,18+,20+,21-,22+,23-,26-,27-,28-,29+,30+/m1/s1. The van der Waals surface area contributed by atoms with Gasteiger partial charge >= 0.3 is 0 Å². The zero-order valence-corrected chi connectivity index (χ0v) is 22.7. The Balaban J connectivity index is 1.37. The molecule has 5 nitrogen and oxygen atoms in total. The fraction of sp³-hybridized carbons (Fsp3) is 0.933. The molecule has 1 unspecified atom stereocenters. The van der Waals surface area contributed by atoms with Crippen molar-refractivity contribution in [3.8, 4) is 0 Å². The number of ether oxygens (including phenoxy) is 2. The van der Waals surface area contributed by atoms with Crippen molar-refractivity contribution in [1.29, 1.82) is 0 Å². The first-order chi connectivity index (χ1) is 16.1. The summed E-state index contributed by atoms with van der Waals surface area (Å²) in [5, 5.41) is 34.3. The highest BCUT2D eigenvalue weighted by Gasteiger charge is 2.86. The summed E-state index contributed by atoms with van der Waals surface area (Å²) in [5.74, 6) is -0.111. The van der Waals surface area contributed by atoms with E-state index in [4.69, 9.17) is 9.47 Å². The van der Waals surface area contributed by atoms with Gasteiger partial charge in [0.15, 0.2) is 5.79 Å². The van der Waals surface area contributed by atoms with Crippen molar-refractivity contribution in [3.63, 3.8) is 0 Å². The van der Waals surface area contributed by atoms with Gasteiger partial charge in [-0.25, -0.2) is 0 Å². The molecule has 0 aromatic rings. The van der Waals surface area contributed by atoms with Crippen LogP contribution in [-0.4, -0.2) is 51.1 Å². The molecule has 2 bridgehead atoms. The third kappa shape index (κ3) is 2.26. The van der Waals surface area contributed by atoms with Crippen LogP contribution < -0.4 is 0 Å². The predicted octanol–water partition coefficient (Wildman–Crippen LogP) is 4.58. The zero-order valence-electron chi connectivity index (χ0n) is 22.7. The predicted molar refractivity (Wildman–Crippen MR) is 132 cm³/mol. The monoisotopic (exact) mass is 486 g/mol. The van der Waals surface area contributed by atoms with E-state index in [-0.39, 0.29) is 39.8 Å². The summed E-state index contributed by atoms with van der Waals surface area (Å²) in [7, 11) is 0. The summed E-state index contributed by atoms with van der Waals surface area (Å²) in [6.07, 6.45) is 8.17. The number of rotatable bonds is 1. The largest absolute Gasteiger partial charge is 0.393 e. The number of aliphatic hydroxyl groups excluding tert-OH is 2. The van der Waals surface area contributed by atoms with Gasteiger partial charge in [0.1, 0.15) is 12.2 Å². The Morgan fingerprint density at radius 3 is 2.43 bits per heavy atom. The Morgan fingerprint density at radius 2 is 1.74 bits per heavy atom. The lowest BCUT2D eigenvalue weighted by Crippen LogP contribution is -2.55. The van der Waals surface area contributed by atoms with Gasteiger partial charge in [-0.15, -0.1) is 0 Å². The summed E-state index contributed by atoms with van der Waals surface area (Å²) in [4.78, 5) is 0. The first-order valence-electron chi connectivity index (χ1n) is 14.3. The molecule has 4 saturated carbocycles. The van der Waals surface area contributed by atoms with Crippen LogP contribution in [0.2, 0.25) is 0 Å². The van der Waals surface area contributed by atoms with Crippen LogP contribution in [-0.2, 0) is 9.47 Å². The molecule has 7 aliphatic rings. The van der Waals surface area contributed by atoms with E-state index in [1.165, 1.54) is 12.0 Å². The molecule has 12 atom stereocenters. The van der Waals surface area contributed by atoms with Crippen molar-refractivity contribution < 1.29 is 24.8 Å². The topological polar surface area (TPSA) is 79.2 Å². The average Bonchev–Trinajstić information content (AvgIpc) is 3.28. The lowest BCUT2D eigenvalue weighted by Gasteiger charge is -2.59. The van der Waals surface area contributed by atoms with Crippen molar-refractivity contribution in [2.45, 2.75) is 129 Å². The van der Waals surface area contributed by atoms with E-state index in [2.05, 4.69) is 40.7 Å². The maximum atomic E-state index is 12.4. The van der Waals surface area contributed by atoms with Crippen molar-refractivity contribution in [2.75, 3.05) is 0 Å². The molecule has 2 saturated heterocycles. The van der Waals surface area contributed by atoms with Gasteiger partial charge in [-0.2, -0.15) is 0 Å². The average molecular weight is 487 g/mol. The van der Waals surface area contributed by atoms with Crippen molar-refractivity contribution in [3.05, 3.63) is 11.6 Å². The van der Waals surface area contributed by atoms with Gasteiger partial charge in [-0.1, -0.05) is 46.3 Å². The molecule has 2 heterocycles. The molecule has 0 aromatic heterocycles. The van der Waals surface area contributed by atoms with Crippen LogP contribution >= 0.6 is 0 Å². The first-order valence-corrected chi connectivity index (χ1v) is 14.3. The number of fused-ring (bicyclic) bond motifs is 4. The Bertz CT molecular complexity index is 1010. The van der Waals surface area contributed by atoms with Gasteiger partial charge in [-0.05, 0) is 92.3 Å². The van der Waals surface area contributed by atoms with Crippen LogP contribution in [0.4, 0.5) is 0 Å². The Morgan fingerprint density at radius 1 is 1.03 bits per heavy atom. The molecule has 5 heteroatoms. The highest BCUT2D eigenvalue weighted by molar-refractivity contribution is 5.48. The number of aliphatic hydroxyl groups is 3. The second kappa shape index (κ2) is 6.22. The van der Waals surface area contributed by atoms with Crippen LogP contribution in [0.1, 0.15) is 93.4 Å². The van der Waals surface area contributed by atoms with Crippen LogP contribution in [0.5, 0.6) is 0 Å². The van der Waals surface area contributed by atoms with Gasteiger partial charge < -0.3 is 24.8 Å². The molecule has 0 aromatic carbocycles. The summed E-state index contributed by atoms with van der Waals surface area (Å²) in [5.41, 5.74) is 0.212. The van der Waals surface area contributed by atoms with Crippen LogP contribution in [0.15, 0.2) is 11.6 Å². The number of hydrogen-bond donors (Lipinski definition) is 3. The summed E-state index contributed by atoms with van der Waals surface area (Å²) >= 11 is 0. The Hall–Kier alpha value is -0.460. The third-order valence-electron chi connectivity index (χ3n) is 13.5. The molecular weight excluding hydrogens is 440 g/mol. The Kier molecular flexibility index (Phi) is 4.20. The van der Waals surface area contributed by atoms with Crippen molar-refractivity contribution in [1.82, 2.24) is 0 Å². The van der Waals surface area contributed by atoms with E-state index < -0.39 is 29.0 Å². The van der Waals surface area contributed by atoms with Crippen LogP contribution in [0.25, 0.3) is 0 Å².